The second kappa shape index (κ2) is 9.09. The number of anilines is 1. The molecule has 3 heterocycles. The molecule has 0 N–H and O–H groups in total. The fraction of sp³-hybridized carbons (Fsp3) is 0.619. The molecule has 1 aromatic carbocycles. The topological polar surface area (TPSA) is 87.2 Å². The summed E-state index contributed by atoms with van der Waals surface area (Å²) in [5.74, 6) is 0.828. The predicted octanol–water partition coefficient (Wildman–Crippen LogP) is 1.65. The summed E-state index contributed by atoms with van der Waals surface area (Å²) in [6, 6.07) is 4.86. The predicted molar refractivity (Wildman–Crippen MR) is 119 cm³/mol. The molecule has 3 aliphatic rings. The largest absolute Gasteiger partial charge is 0.379 e. The Morgan fingerprint density at radius 1 is 1.16 bits per heavy atom. The van der Waals surface area contributed by atoms with Gasteiger partial charge in [0.25, 0.3) is 0 Å². The highest BCUT2D eigenvalue weighted by Crippen LogP contribution is 2.37. The van der Waals surface area contributed by atoms with E-state index in [1.807, 2.05) is 4.90 Å². The number of hydrogen-bond donors (Lipinski definition) is 0. The van der Waals surface area contributed by atoms with Gasteiger partial charge in [-0.1, -0.05) is 13.8 Å². The van der Waals surface area contributed by atoms with Crippen molar-refractivity contribution in [3.8, 4) is 0 Å². The molecule has 2 fully saturated rings. The molecule has 0 spiro atoms. The maximum atomic E-state index is 13.1. The summed E-state index contributed by atoms with van der Waals surface area (Å²) in [4.78, 5) is 30.0. The van der Waals surface area contributed by atoms with Gasteiger partial charge in [-0.25, -0.2) is 8.42 Å². The number of rotatable bonds is 4. The Balaban J connectivity index is 1.59. The lowest BCUT2D eigenvalue weighted by Crippen LogP contribution is -2.49. The Kier molecular flexibility index (Phi) is 6.62. The Hall–Kier alpha value is -1.62. The highest BCUT2D eigenvalue weighted by atomic mass is 32.2. The smallest absolute Gasteiger partial charge is 0.243 e. The molecule has 2 saturated heterocycles. The molecule has 0 radical (unpaired) electrons. The van der Waals surface area contributed by atoms with Gasteiger partial charge in [0, 0.05) is 31.1 Å². The summed E-state index contributed by atoms with van der Waals surface area (Å²) in [5, 5.41) is 0. The number of morpholine rings is 1. The minimum absolute atomic E-state index is 0.0626. The van der Waals surface area contributed by atoms with Crippen LogP contribution in [0.25, 0.3) is 0 Å². The molecule has 3 aliphatic heterocycles. The zero-order valence-corrected chi connectivity index (χ0v) is 19.6. The van der Waals surface area contributed by atoms with Gasteiger partial charge in [0.2, 0.25) is 21.8 Å². The third-order valence-electron chi connectivity index (χ3n) is 6.00. The minimum Gasteiger partial charge on any atom is -0.379 e. The summed E-state index contributed by atoms with van der Waals surface area (Å²) in [6.45, 7) is 6.94. The van der Waals surface area contributed by atoms with E-state index in [0.29, 0.717) is 56.9 Å². The van der Waals surface area contributed by atoms with E-state index in [4.69, 9.17) is 4.74 Å². The molecule has 10 heteroatoms. The number of piperidine rings is 1. The van der Waals surface area contributed by atoms with Crippen molar-refractivity contribution >= 4 is 39.3 Å². The second-order valence-electron chi connectivity index (χ2n) is 8.66. The van der Waals surface area contributed by atoms with Gasteiger partial charge in [0.15, 0.2) is 0 Å². The zero-order valence-electron chi connectivity index (χ0n) is 18.0. The number of likely N-dealkylation sites (tertiary alicyclic amines) is 1. The quantitative estimate of drug-likeness (QED) is 0.669. The van der Waals surface area contributed by atoms with Crippen LogP contribution >= 0.6 is 11.8 Å². The van der Waals surface area contributed by atoms with Crippen LogP contribution in [0.1, 0.15) is 20.3 Å². The van der Waals surface area contributed by atoms with E-state index in [2.05, 4.69) is 13.8 Å². The van der Waals surface area contributed by atoms with Gasteiger partial charge in [0.1, 0.15) is 6.54 Å². The average Bonchev–Trinajstić information content (AvgIpc) is 2.75. The molecule has 0 unspecified atom stereocenters. The maximum Gasteiger partial charge on any atom is 0.243 e. The van der Waals surface area contributed by atoms with Crippen molar-refractivity contribution in [3.05, 3.63) is 18.2 Å². The Morgan fingerprint density at radius 2 is 1.84 bits per heavy atom. The summed E-state index contributed by atoms with van der Waals surface area (Å²) < 4.78 is 32.8. The SMILES string of the molecule is C[C@@H]1C[C@@H](C)CN(C(=O)CN2C(=O)CSc3ccc(S(=O)(=O)N4CCOCC4)cc32)C1. The van der Waals surface area contributed by atoms with E-state index in [1.54, 1.807) is 18.2 Å². The molecule has 2 atom stereocenters. The number of fused-ring (bicyclic) bond motifs is 1. The summed E-state index contributed by atoms with van der Waals surface area (Å²) in [6.07, 6.45) is 1.09. The van der Waals surface area contributed by atoms with Crippen molar-refractivity contribution in [2.75, 3.05) is 56.6 Å². The lowest BCUT2D eigenvalue weighted by Gasteiger charge is -2.37. The molecule has 0 saturated carbocycles. The Morgan fingerprint density at radius 3 is 2.52 bits per heavy atom. The molecule has 2 amide bonds. The highest BCUT2D eigenvalue weighted by Gasteiger charge is 2.33. The van der Waals surface area contributed by atoms with Crippen LogP contribution in [0.2, 0.25) is 0 Å². The number of hydrogen-bond acceptors (Lipinski definition) is 6. The number of benzene rings is 1. The first-order valence-electron chi connectivity index (χ1n) is 10.7. The first-order valence-corrected chi connectivity index (χ1v) is 13.1. The van der Waals surface area contributed by atoms with Gasteiger partial charge in [0.05, 0.1) is 29.5 Å². The van der Waals surface area contributed by atoms with Crippen molar-refractivity contribution in [1.29, 1.82) is 0 Å². The molecule has 4 rings (SSSR count). The van der Waals surface area contributed by atoms with Crippen LogP contribution in [-0.4, -0.2) is 81.1 Å². The van der Waals surface area contributed by atoms with E-state index < -0.39 is 10.0 Å². The molecule has 8 nitrogen and oxygen atoms in total. The van der Waals surface area contributed by atoms with E-state index in [-0.39, 0.29) is 29.0 Å². The minimum atomic E-state index is -3.69. The first-order chi connectivity index (χ1) is 14.8. The summed E-state index contributed by atoms with van der Waals surface area (Å²) >= 11 is 1.37. The van der Waals surface area contributed by atoms with Crippen molar-refractivity contribution in [2.45, 2.75) is 30.1 Å². The van der Waals surface area contributed by atoms with Crippen molar-refractivity contribution in [2.24, 2.45) is 11.8 Å². The van der Waals surface area contributed by atoms with E-state index >= 15 is 0 Å². The number of carbonyl (C=O) groups is 2. The van der Waals surface area contributed by atoms with Gasteiger partial charge >= 0.3 is 0 Å². The third kappa shape index (κ3) is 4.76. The number of thioether (sulfide) groups is 1. The van der Waals surface area contributed by atoms with Crippen molar-refractivity contribution in [1.82, 2.24) is 9.21 Å². The molecule has 0 aliphatic carbocycles. The lowest BCUT2D eigenvalue weighted by atomic mass is 9.92. The maximum absolute atomic E-state index is 13.1. The molecule has 1 aromatic rings. The van der Waals surface area contributed by atoms with Gasteiger partial charge in [-0.2, -0.15) is 4.31 Å². The number of sulfonamides is 1. The van der Waals surface area contributed by atoms with Crippen LogP contribution in [0.4, 0.5) is 5.69 Å². The van der Waals surface area contributed by atoms with Crippen LogP contribution in [0, 0.1) is 11.8 Å². The molecule has 170 valence electrons. The normalized spacial score (nSPS) is 25.4. The third-order valence-corrected chi connectivity index (χ3v) is 8.94. The van der Waals surface area contributed by atoms with Crippen LogP contribution < -0.4 is 4.90 Å². The van der Waals surface area contributed by atoms with Gasteiger partial charge in [-0.15, -0.1) is 11.8 Å². The Labute approximate surface area is 187 Å². The van der Waals surface area contributed by atoms with E-state index in [0.717, 1.165) is 11.3 Å². The fourth-order valence-corrected chi connectivity index (χ4v) is 6.90. The van der Waals surface area contributed by atoms with E-state index in [1.165, 1.54) is 21.0 Å². The Bertz CT molecular complexity index is 952. The van der Waals surface area contributed by atoms with Crippen molar-refractivity contribution < 1.29 is 22.7 Å². The van der Waals surface area contributed by atoms with Crippen molar-refractivity contribution in [3.63, 3.8) is 0 Å². The molecular weight excluding hydrogens is 438 g/mol. The monoisotopic (exact) mass is 467 g/mol. The van der Waals surface area contributed by atoms with Gasteiger partial charge in [-0.05, 0) is 36.5 Å². The standard InChI is InChI=1S/C21H29N3O5S2/c1-15-9-16(2)12-22(11-15)20(25)13-24-18-10-17(3-4-19(18)30-14-21(24)26)31(27,28)23-5-7-29-8-6-23/h3-4,10,15-16H,5-9,11-14H2,1-2H3/t15-,16-/m1/s1. The number of amides is 2. The van der Waals surface area contributed by atoms with E-state index in [9.17, 15) is 18.0 Å². The van der Waals surface area contributed by atoms with Gasteiger partial charge < -0.3 is 14.5 Å². The average molecular weight is 468 g/mol. The first kappa shape index (κ1) is 22.6. The van der Waals surface area contributed by atoms with Crippen LogP contribution in [0.15, 0.2) is 28.0 Å². The molecular formula is C21H29N3O5S2. The molecule has 0 bridgehead atoms. The lowest BCUT2D eigenvalue weighted by molar-refractivity contribution is -0.133. The number of nitrogens with zero attached hydrogens (tertiary/aromatic N) is 3. The fourth-order valence-electron chi connectivity index (χ4n) is 4.55. The summed E-state index contributed by atoms with van der Waals surface area (Å²) in [5.41, 5.74) is 0.502. The number of ether oxygens (including phenoxy) is 1. The van der Waals surface area contributed by atoms with Crippen LogP contribution in [0.5, 0.6) is 0 Å². The molecule has 0 aromatic heterocycles. The van der Waals surface area contributed by atoms with Gasteiger partial charge in [-0.3, -0.25) is 9.59 Å². The van der Waals surface area contributed by atoms with Crippen LogP contribution in [-0.2, 0) is 24.3 Å². The summed E-state index contributed by atoms with van der Waals surface area (Å²) in [7, 11) is -3.69. The second-order valence-corrected chi connectivity index (χ2v) is 11.6. The zero-order chi connectivity index (χ0) is 22.2. The number of carbonyl (C=O) groups excluding carboxylic acids is 2. The highest BCUT2D eigenvalue weighted by molar-refractivity contribution is 8.00. The molecule has 31 heavy (non-hydrogen) atoms. The van der Waals surface area contributed by atoms with Crippen LogP contribution in [0.3, 0.4) is 0 Å².